The Hall–Kier alpha value is -3.32. The van der Waals surface area contributed by atoms with E-state index < -0.39 is 0 Å². The van der Waals surface area contributed by atoms with Crippen LogP contribution in [0.1, 0.15) is 16.8 Å². The summed E-state index contributed by atoms with van der Waals surface area (Å²) in [7, 11) is 3.29. The molecule has 7 nitrogen and oxygen atoms in total. The van der Waals surface area contributed by atoms with Crippen LogP contribution in [0.15, 0.2) is 60.2 Å². The first kappa shape index (κ1) is 20.4. The van der Waals surface area contributed by atoms with E-state index in [9.17, 15) is 9.59 Å². The molecule has 0 saturated heterocycles. The number of para-hydroxylation sites is 2. The molecule has 0 fully saturated rings. The Bertz CT molecular complexity index is 893. The molecule has 2 aromatic carbocycles. The number of urea groups is 1. The van der Waals surface area contributed by atoms with E-state index >= 15 is 0 Å². The summed E-state index contributed by atoms with van der Waals surface area (Å²) in [6.07, 6.45) is 2.99. The maximum absolute atomic E-state index is 12.5. The topological polar surface area (TPSA) is 79.9 Å². The number of rotatable bonds is 6. The van der Waals surface area contributed by atoms with Gasteiger partial charge in [0.2, 0.25) is 0 Å². The standard InChI is InChI=1S/C22H25N3O4/c1-25(14-16-6-5-13-29-15-16)22(27)23-18-11-9-17(10-12-18)21(26)24-19-7-3-4-8-20(19)28-2/h3-4,6-12H,5,13-15H2,1-2H3,(H,23,27)(H,24,26). The van der Waals surface area contributed by atoms with Gasteiger partial charge < -0.3 is 25.0 Å². The molecule has 0 radical (unpaired) electrons. The highest BCUT2D eigenvalue weighted by Crippen LogP contribution is 2.24. The lowest BCUT2D eigenvalue weighted by atomic mass is 10.2. The molecule has 1 aliphatic rings. The van der Waals surface area contributed by atoms with Gasteiger partial charge in [-0.25, -0.2) is 4.79 Å². The van der Waals surface area contributed by atoms with Gasteiger partial charge in [-0.2, -0.15) is 0 Å². The quantitative estimate of drug-likeness (QED) is 0.730. The minimum atomic E-state index is -0.256. The summed E-state index contributed by atoms with van der Waals surface area (Å²) in [6.45, 7) is 1.81. The van der Waals surface area contributed by atoms with Crippen LogP contribution in [0.2, 0.25) is 0 Å². The highest BCUT2D eigenvalue weighted by atomic mass is 16.5. The van der Waals surface area contributed by atoms with Gasteiger partial charge in [0.1, 0.15) is 5.75 Å². The number of carbonyl (C=O) groups excluding carboxylic acids is 2. The fourth-order valence-corrected chi connectivity index (χ4v) is 2.96. The number of amides is 3. The van der Waals surface area contributed by atoms with Crippen molar-refractivity contribution in [1.82, 2.24) is 4.90 Å². The Morgan fingerprint density at radius 2 is 1.86 bits per heavy atom. The summed E-state index contributed by atoms with van der Waals surface area (Å²) in [5.74, 6) is 0.333. The van der Waals surface area contributed by atoms with Gasteiger partial charge in [0.05, 0.1) is 26.0 Å². The lowest BCUT2D eigenvalue weighted by Crippen LogP contribution is -2.34. The molecule has 0 saturated carbocycles. The monoisotopic (exact) mass is 395 g/mol. The van der Waals surface area contributed by atoms with Crippen molar-refractivity contribution in [2.75, 3.05) is 44.5 Å². The molecule has 152 valence electrons. The van der Waals surface area contributed by atoms with Crippen LogP contribution in [0.25, 0.3) is 0 Å². The maximum atomic E-state index is 12.5. The van der Waals surface area contributed by atoms with Gasteiger partial charge >= 0.3 is 6.03 Å². The Kier molecular flexibility index (Phi) is 6.86. The number of anilines is 2. The van der Waals surface area contributed by atoms with Crippen LogP contribution in [0.5, 0.6) is 5.75 Å². The van der Waals surface area contributed by atoms with Gasteiger partial charge in [0.25, 0.3) is 5.91 Å². The molecule has 0 atom stereocenters. The van der Waals surface area contributed by atoms with Crippen molar-refractivity contribution >= 4 is 23.3 Å². The maximum Gasteiger partial charge on any atom is 0.321 e. The van der Waals surface area contributed by atoms with E-state index in [1.165, 1.54) is 0 Å². The van der Waals surface area contributed by atoms with E-state index in [2.05, 4.69) is 16.7 Å². The van der Waals surface area contributed by atoms with Gasteiger partial charge in [-0.1, -0.05) is 18.2 Å². The van der Waals surface area contributed by atoms with Gasteiger partial charge in [-0.15, -0.1) is 0 Å². The Balaban J connectivity index is 1.57. The summed E-state index contributed by atoms with van der Waals surface area (Å²) in [5.41, 5.74) is 2.79. The zero-order chi connectivity index (χ0) is 20.6. The molecule has 0 bridgehead atoms. The van der Waals surface area contributed by atoms with Crippen molar-refractivity contribution < 1.29 is 19.1 Å². The average molecular weight is 395 g/mol. The van der Waals surface area contributed by atoms with E-state index in [4.69, 9.17) is 9.47 Å². The first-order chi connectivity index (χ1) is 14.1. The smallest absolute Gasteiger partial charge is 0.321 e. The minimum absolute atomic E-state index is 0.220. The summed E-state index contributed by atoms with van der Waals surface area (Å²) < 4.78 is 10.6. The highest BCUT2D eigenvalue weighted by molar-refractivity contribution is 6.05. The average Bonchev–Trinajstić information content (AvgIpc) is 2.75. The van der Waals surface area contributed by atoms with E-state index in [0.717, 1.165) is 18.6 Å². The number of hydrogen-bond donors (Lipinski definition) is 2. The molecule has 0 spiro atoms. The fourth-order valence-electron chi connectivity index (χ4n) is 2.96. The van der Waals surface area contributed by atoms with Crippen LogP contribution in [-0.4, -0.2) is 50.8 Å². The number of likely N-dealkylation sites (N-methyl/N-ethyl adjacent to an activating group) is 1. The molecular weight excluding hydrogens is 370 g/mol. The van der Waals surface area contributed by atoms with Crippen LogP contribution in [0.3, 0.4) is 0 Å². The van der Waals surface area contributed by atoms with Crippen molar-refractivity contribution in [2.24, 2.45) is 0 Å². The predicted molar refractivity (Wildman–Crippen MR) is 113 cm³/mol. The number of nitrogens with one attached hydrogen (secondary N) is 2. The van der Waals surface area contributed by atoms with Crippen molar-refractivity contribution in [3.63, 3.8) is 0 Å². The Morgan fingerprint density at radius 3 is 2.55 bits per heavy atom. The van der Waals surface area contributed by atoms with E-state index in [1.54, 1.807) is 55.5 Å². The lowest BCUT2D eigenvalue weighted by molar-refractivity contribution is 0.102. The molecule has 7 heteroatoms. The first-order valence-corrected chi connectivity index (χ1v) is 9.39. The van der Waals surface area contributed by atoms with Crippen LogP contribution < -0.4 is 15.4 Å². The molecular formula is C22H25N3O4. The zero-order valence-corrected chi connectivity index (χ0v) is 16.6. The second kappa shape index (κ2) is 9.75. The highest BCUT2D eigenvalue weighted by Gasteiger charge is 2.14. The van der Waals surface area contributed by atoms with Crippen LogP contribution in [-0.2, 0) is 4.74 Å². The summed E-state index contributed by atoms with van der Waals surface area (Å²) in [6, 6.07) is 13.7. The van der Waals surface area contributed by atoms with Crippen LogP contribution in [0.4, 0.5) is 16.2 Å². The molecule has 1 heterocycles. The summed E-state index contributed by atoms with van der Waals surface area (Å²) in [4.78, 5) is 26.4. The summed E-state index contributed by atoms with van der Waals surface area (Å²) in [5, 5.41) is 5.66. The molecule has 0 aromatic heterocycles. The molecule has 2 aromatic rings. The number of carbonyl (C=O) groups is 2. The first-order valence-electron chi connectivity index (χ1n) is 9.39. The van der Waals surface area contributed by atoms with Gasteiger partial charge in [0.15, 0.2) is 0 Å². The number of hydrogen-bond acceptors (Lipinski definition) is 4. The Labute approximate surface area is 170 Å². The third-order valence-corrected chi connectivity index (χ3v) is 4.52. The number of benzene rings is 2. The second-order valence-electron chi connectivity index (χ2n) is 6.72. The largest absolute Gasteiger partial charge is 0.495 e. The molecule has 3 rings (SSSR count). The van der Waals surface area contributed by atoms with Gasteiger partial charge in [0, 0.05) is 24.8 Å². The molecule has 0 aliphatic carbocycles. The molecule has 0 unspecified atom stereocenters. The van der Waals surface area contributed by atoms with Crippen LogP contribution >= 0.6 is 0 Å². The molecule has 2 N–H and O–H groups in total. The van der Waals surface area contributed by atoms with E-state index in [0.29, 0.717) is 35.8 Å². The third kappa shape index (κ3) is 5.58. The van der Waals surface area contributed by atoms with Gasteiger partial charge in [-0.05, 0) is 48.4 Å². The minimum Gasteiger partial charge on any atom is -0.495 e. The van der Waals surface area contributed by atoms with Crippen molar-refractivity contribution in [3.05, 3.63) is 65.7 Å². The fraction of sp³-hybridized carbons (Fsp3) is 0.273. The van der Waals surface area contributed by atoms with Crippen molar-refractivity contribution in [2.45, 2.75) is 6.42 Å². The number of ether oxygens (including phenoxy) is 2. The van der Waals surface area contributed by atoms with Crippen molar-refractivity contribution in [3.8, 4) is 5.75 Å². The third-order valence-electron chi connectivity index (χ3n) is 4.52. The molecule has 29 heavy (non-hydrogen) atoms. The molecule has 3 amide bonds. The van der Waals surface area contributed by atoms with Gasteiger partial charge in [-0.3, -0.25) is 4.79 Å². The SMILES string of the molecule is COc1ccccc1NC(=O)c1ccc(NC(=O)N(C)CC2=CCCOC2)cc1. The number of methoxy groups -OCH3 is 1. The normalized spacial score (nSPS) is 13.2. The van der Waals surface area contributed by atoms with Crippen LogP contribution in [0, 0.1) is 0 Å². The number of nitrogens with zero attached hydrogens (tertiary/aromatic N) is 1. The Morgan fingerprint density at radius 1 is 1.10 bits per heavy atom. The second-order valence-corrected chi connectivity index (χ2v) is 6.72. The van der Waals surface area contributed by atoms with Crippen molar-refractivity contribution in [1.29, 1.82) is 0 Å². The lowest BCUT2D eigenvalue weighted by Gasteiger charge is -2.21. The predicted octanol–water partition coefficient (Wildman–Crippen LogP) is 3.76. The summed E-state index contributed by atoms with van der Waals surface area (Å²) >= 11 is 0. The zero-order valence-electron chi connectivity index (χ0n) is 16.6. The van der Waals surface area contributed by atoms with E-state index in [1.807, 2.05) is 12.1 Å². The molecule has 1 aliphatic heterocycles. The van der Waals surface area contributed by atoms with E-state index in [-0.39, 0.29) is 11.9 Å².